The van der Waals surface area contributed by atoms with E-state index in [1.807, 2.05) is 7.05 Å². The molecule has 0 amide bonds. The Bertz CT molecular complexity index is 742. The molecule has 1 saturated carbocycles. The summed E-state index contributed by atoms with van der Waals surface area (Å²) < 4.78 is 16.4. The summed E-state index contributed by atoms with van der Waals surface area (Å²) in [7, 11) is 6.46. The molecule has 2 fully saturated rings. The topological polar surface area (TPSA) is 85.3 Å². The van der Waals surface area contributed by atoms with Crippen molar-refractivity contribution in [1.29, 1.82) is 0 Å². The summed E-state index contributed by atoms with van der Waals surface area (Å²) in [4.78, 5) is 27.9. The molecule has 1 N–H and O–H groups in total. The molecule has 0 radical (unpaired) electrons. The third-order valence-corrected chi connectivity index (χ3v) is 7.19. The fourth-order valence-electron chi connectivity index (χ4n) is 6.26. The van der Waals surface area contributed by atoms with Gasteiger partial charge in [0.2, 0.25) is 11.5 Å². The van der Waals surface area contributed by atoms with Crippen molar-refractivity contribution in [1.82, 2.24) is 4.90 Å². The number of likely N-dealkylation sites (tertiary alicyclic amines) is 1. The number of ether oxygens (including phenoxy) is 3. The quantitative estimate of drug-likeness (QED) is 0.787. The van der Waals surface area contributed by atoms with Gasteiger partial charge in [0.15, 0.2) is 11.5 Å². The van der Waals surface area contributed by atoms with E-state index in [9.17, 15) is 14.7 Å². The zero-order valence-electron chi connectivity index (χ0n) is 15.6. The number of likely N-dealkylation sites (N-methyl/N-ethyl adjacent to an activating group) is 1. The molecular weight excluding hydrogens is 338 g/mol. The van der Waals surface area contributed by atoms with E-state index in [2.05, 4.69) is 4.90 Å². The molecule has 0 aromatic rings. The zero-order chi connectivity index (χ0) is 18.9. The summed E-state index contributed by atoms with van der Waals surface area (Å²) in [5.41, 5.74) is -1.21. The highest BCUT2D eigenvalue weighted by molar-refractivity contribution is 5.98. The van der Waals surface area contributed by atoms with E-state index in [1.54, 1.807) is 0 Å². The average molecular weight is 363 g/mol. The lowest BCUT2D eigenvalue weighted by Gasteiger charge is -2.50. The van der Waals surface area contributed by atoms with E-state index in [1.165, 1.54) is 27.4 Å². The summed E-state index contributed by atoms with van der Waals surface area (Å²) in [6, 6.07) is 0. The highest BCUT2D eigenvalue weighted by Crippen LogP contribution is 2.69. The van der Waals surface area contributed by atoms with Crippen molar-refractivity contribution in [2.75, 3.05) is 34.9 Å². The van der Waals surface area contributed by atoms with E-state index in [0.717, 1.165) is 6.54 Å². The predicted octanol–water partition coefficient (Wildman–Crippen LogP) is 0.634. The number of hydrogen-bond acceptors (Lipinski definition) is 7. The lowest BCUT2D eigenvalue weighted by molar-refractivity contribution is -0.132. The number of fused-ring (bicyclic) bond motifs is 1. The minimum absolute atomic E-state index is 0.0533. The predicted molar refractivity (Wildman–Crippen MR) is 90.8 cm³/mol. The van der Waals surface area contributed by atoms with Crippen molar-refractivity contribution in [2.45, 2.75) is 30.9 Å². The summed E-state index contributed by atoms with van der Waals surface area (Å²) in [6.45, 7) is 0.757. The number of nitrogens with zero attached hydrogens (tertiary/aromatic N) is 1. The van der Waals surface area contributed by atoms with Crippen LogP contribution in [-0.2, 0) is 23.8 Å². The summed E-state index contributed by atoms with van der Waals surface area (Å²) >= 11 is 0. The zero-order valence-corrected chi connectivity index (χ0v) is 15.6. The van der Waals surface area contributed by atoms with Crippen molar-refractivity contribution in [3.8, 4) is 0 Å². The van der Waals surface area contributed by atoms with E-state index >= 15 is 0 Å². The number of carbonyl (C=O) groups excluding carboxylic acids is 2. The van der Waals surface area contributed by atoms with Crippen LogP contribution in [0.1, 0.15) is 19.3 Å². The van der Waals surface area contributed by atoms with Crippen LogP contribution < -0.4 is 0 Å². The molecule has 0 bridgehead atoms. The monoisotopic (exact) mass is 363 g/mol. The second-order valence-corrected chi connectivity index (χ2v) is 7.79. The molecule has 1 heterocycles. The van der Waals surface area contributed by atoms with Gasteiger partial charge in [-0.05, 0) is 26.4 Å². The molecule has 5 atom stereocenters. The van der Waals surface area contributed by atoms with Gasteiger partial charge in [-0.3, -0.25) is 14.5 Å². The Morgan fingerprint density at radius 2 is 1.92 bits per heavy atom. The fraction of sp³-hybridized carbons (Fsp3) is 0.684. The molecule has 3 aliphatic carbocycles. The van der Waals surface area contributed by atoms with Gasteiger partial charge >= 0.3 is 0 Å². The first-order valence-corrected chi connectivity index (χ1v) is 8.92. The second kappa shape index (κ2) is 5.57. The maximum Gasteiger partial charge on any atom is 0.201 e. The van der Waals surface area contributed by atoms with Gasteiger partial charge in [-0.1, -0.05) is 0 Å². The first-order valence-electron chi connectivity index (χ1n) is 8.92. The number of aliphatic hydroxyl groups excluding tert-OH is 1. The number of hydrogen-bond donors (Lipinski definition) is 1. The number of allylic oxidation sites excluding steroid dienone is 2. The smallest absolute Gasteiger partial charge is 0.201 e. The molecule has 7 heteroatoms. The second-order valence-electron chi connectivity index (χ2n) is 7.79. The third kappa shape index (κ3) is 1.75. The molecule has 0 aromatic carbocycles. The molecule has 142 valence electrons. The summed E-state index contributed by atoms with van der Waals surface area (Å²) in [6.07, 6.45) is 1.94. The standard InChI is InChI=1S/C19H25NO6/c1-20-6-5-18-9-12(22)16(25-3)17(26-4)19(18,20)8-10-11(21)7-13(24-2)15(23)14(10)18/h7,10,14-15,23H,5-6,8-9H2,1-4H3/t10-,14+,15+,18+,19-/m1/s1. The van der Waals surface area contributed by atoms with Gasteiger partial charge in [0.05, 0.1) is 26.9 Å². The molecule has 26 heavy (non-hydrogen) atoms. The summed E-state index contributed by atoms with van der Waals surface area (Å²) in [5.74, 6) is 0.0608. The Kier molecular flexibility index (Phi) is 3.76. The maximum atomic E-state index is 12.9. The van der Waals surface area contributed by atoms with Crippen LogP contribution in [0.25, 0.3) is 0 Å². The number of rotatable bonds is 3. The van der Waals surface area contributed by atoms with Crippen LogP contribution in [0.3, 0.4) is 0 Å². The molecular formula is C19H25NO6. The van der Waals surface area contributed by atoms with E-state index in [-0.39, 0.29) is 41.3 Å². The Balaban J connectivity index is 1.96. The Morgan fingerprint density at radius 3 is 2.54 bits per heavy atom. The lowest BCUT2D eigenvalue weighted by Crippen LogP contribution is -2.58. The minimum Gasteiger partial charge on any atom is -0.498 e. The van der Waals surface area contributed by atoms with E-state index in [4.69, 9.17) is 14.2 Å². The van der Waals surface area contributed by atoms with Gasteiger partial charge in [-0.25, -0.2) is 0 Å². The molecule has 1 saturated heterocycles. The van der Waals surface area contributed by atoms with E-state index in [0.29, 0.717) is 18.6 Å². The van der Waals surface area contributed by atoms with Gasteiger partial charge in [0.25, 0.3) is 0 Å². The highest BCUT2D eigenvalue weighted by atomic mass is 16.5. The molecule has 7 nitrogen and oxygen atoms in total. The van der Waals surface area contributed by atoms with Crippen molar-refractivity contribution in [3.05, 3.63) is 23.4 Å². The molecule has 0 spiro atoms. The van der Waals surface area contributed by atoms with Crippen LogP contribution in [0.2, 0.25) is 0 Å². The van der Waals surface area contributed by atoms with Gasteiger partial charge < -0.3 is 19.3 Å². The summed E-state index contributed by atoms with van der Waals surface area (Å²) in [5, 5.41) is 11.0. The van der Waals surface area contributed by atoms with Crippen molar-refractivity contribution in [2.24, 2.45) is 17.3 Å². The number of aliphatic hydroxyl groups is 1. The van der Waals surface area contributed by atoms with Gasteiger partial charge in [-0.15, -0.1) is 0 Å². The largest absolute Gasteiger partial charge is 0.498 e. The van der Waals surface area contributed by atoms with Crippen LogP contribution >= 0.6 is 0 Å². The van der Waals surface area contributed by atoms with Gasteiger partial charge in [-0.2, -0.15) is 0 Å². The number of methoxy groups -OCH3 is 3. The van der Waals surface area contributed by atoms with Crippen molar-refractivity contribution >= 4 is 11.6 Å². The van der Waals surface area contributed by atoms with Gasteiger partial charge in [0, 0.05) is 29.7 Å². The third-order valence-electron chi connectivity index (χ3n) is 7.19. The average Bonchev–Trinajstić information content (AvgIpc) is 3.07. The van der Waals surface area contributed by atoms with Crippen molar-refractivity contribution < 1.29 is 28.9 Å². The SMILES string of the molecule is COC1=CC(=O)[C@H]2C[C@@]34C(OC)=C(OC)C(=O)C[C@@]3(CCN4C)[C@@H]2[C@H]1O. The molecule has 4 rings (SSSR count). The first-order chi connectivity index (χ1) is 12.4. The first kappa shape index (κ1) is 17.5. The molecule has 0 aromatic heterocycles. The maximum absolute atomic E-state index is 12.9. The van der Waals surface area contributed by atoms with Crippen LogP contribution in [-0.4, -0.2) is 68.1 Å². The van der Waals surface area contributed by atoms with Gasteiger partial charge in [0.1, 0.15) is 11.9 Å². The Hall–Kier alpha value is -1.86. The Morgan fingerprint density at radius 1 is 1.19 bits per heavy atom. The molecule has 4 aliphatic rings. The minimum atomic E-state index is -0.911. The number of carbonyl (C=O) groups is 2. The van der Waals surface area contributed by atoms with E-state index < -0.39 is 17.1 Å². The van der Waals surface area contributed by atoms with Crippen LogP contribution in [0.15, 0.2) is 23.4 Å². The number of Topliss-reactive ketones (excluding diaryl/α,β-unsaturated/α-hetero) is 1. The molecule has 1 aliphatic heterocycles. The van der Waals surface area contributed by atoms with Crippen LogP contribution in [0.5, 0.6) is 0 Å². The van der Waals surface area contributed by atoms with Crippen LogP contribution in [0.4, 0.5) is 0 Å². The molecule has 0 unspecified atom stereocenters. The fourth-order valence-corrected chi connectivity index (χ4v) is 6.26. The lowest BCUT2D eigenvalue weighted by atomic mass is 9.58. The highest BCUT2D eigenvalue weighted by Gasteiger charge is 2.76. The Labute approximate surface area is 152 Å². The number of ketones is 2. The normalized spacial score (nSPS) is 42.2. The van der Waals surface area contributed by atoms with Crippen LogP contribution in [0, 0.1) is 17.3 Å². The van der Waals surface area contributed by atoms with Crippen molar-refractivity contribution in [3.63, 3.8) is 0 Å².